The molecule has 0 unspecified atom stereocenters. The van der Waals surface area contributed by atoms with Crippen LogP contribution in [0.4, 0.5) is 5.82 Å². The third kappa shape index (κ3) is 4.38. The summed E-state index contributed by atoms with van der Waals surface area (Å²) in [5, 5.41) is 4.66. The van der Waals surface area contributed by atoms with E-state index >= 15 is 0 Å². The summed E-state index contributed by atoms with van der Waals surface area (Å²) < 4.78 is 11.3. The molecule has 2 aliphatic rings. The molecule has 2 aliphatic heterocycles. The molecule has 142 valence electrons. The van der Waals surface area contributed by atoms with E-state index in [1.165, 1.54) is 5.56 Å². The fourth-order valence-corrected chi connectivity index (χ4v) is 3.92. The van der Waals surface area contributed by atoms with E-state index in [4.69, 9.17) is 32.7 Å². The van der Waals surface area contributed by atoms with E-state index in [1.807, 2.05) is 18.3 Å². The van der Waals surface area contributed by atoms with Crippen molar-refractivity contribution in [1.82, 2.24) is 10.3 Å². The first-order valence-corrected chi connectivity index (χ1v) is 9.75. The molecule has 0 radical (unpaired) electrons. The summed E-state index contributed by atoms with van der Waals surface area (Å²) in [5.41, 5.74) is 3.26. The van der Waals surface area contributed by atoms with Gasteiger partial charge in [0.05, 0.1) is 18.2 Å². The zero-order valence-electron chi connectivity index (χ0n) is 14.9. The van der Waals surface area contributed by atoms with E-state index in [-0.39, 0.29) is 0 Å². The highest BCUT2D eigenvalue weighted by Gasteiger charge is 2.17. The lowest BCUT2D eigenvalue weighted by molar-refractivity contribution is 0.122. The Balaban J connectivity index is 1.41. The average Bonchev–Trinajstić information content (AvgIpc) is 2.69. The molecule has 5 nitrogen and oxygen atoms in total. The Morgan fingerprint density at radius 1 is 1.15 bits per heavy atom. The third-order valence-corrected chi connectivity index (χ3v) is 5.14. The van der Waals surface area contributed by atoms with Crippen molar-refractivity contribution in [2.75, 3.05) is 44.4 Å². The predicted octanol–water partition coefficient (Wildman–Crippen LogP) is 3.79. The smallest absolute Gasteiger partial charge is 0.145 e. The van der Waals surface area contributed by atoms with E-state index in [9.17, 15) is 0 Å². The zero-order valence-corrected chi connectivity index (χ0v) is 16.4. The second-order valence-electron chi connectivity index (χ2n) is 6.59. The highest BCUT2D eigenvalue weighted by molar-refractivity contribution is 6.36. The van der Waals surface area contributed by atoms with Crippen molar-refractivity contribution < 1.29 is 9.47 Å². The topological polar surface area (TPSA) is 46.6 Å². The van der Waals surface area contributed by atoms with E-state index in [0.29, 0.717) is 22.4 Å². The molecule has 1 aromatic heterocycles. The molecule has 1 N–H and O–H groups in total. The first kappa shape index (κ1) is 18.6. The number of nitrogens with one attached hydrogen (secondary N) is 1. The van der Waals surface area contributed by atoms with Gasteiger partial charge < -0.3 is 19.7 Å². The minimum atomic E-state index is 0.519. The van der Waals surface area contributed by atoms with Gasteiger partial charge in [-0.3, -0.25) is 0 Å². The van der Waals surface area contributed by atoms with Crippen LogP contribution in [0.15, 0.2) is 36.0 Å². The highest BCUT2D eigenvalue weighted by atomic mass is 35.5. The van der Waals surface area contributed by atoms with Gasteiger partial charge in [-0.25, -0.2) is 4.98 Å². The molecular weight excluding hydrogens is 385 g/mol. The molecular formula is C20H21Cl2N3O2. The Labute approximate surface area is 168 Å². The fraction of sp³-hybridized carbons (Fsp3) is 0.350. The van der Waals surface area contributed by atoms with Gasteiger partial charge in [-0.15, -0.1) is 0 Å². The van der Waals surface area contributed by atoms with Crippen LogP contribution in [0, 0.1) is 0 Å². The van der Waals surface area contributed by atoms with E-state index in [0.717, 1.165) is 56.3 Å². The maximum atomic E-state index is 6.20. The standard InChI is InChI=1S/C20H21Cl2N3O2/c21-17-9-16-8-14(13-27-19(16)18(22)10-17)11-23-12-15-2-1-3-24-20(15)25-4-6-26-7-5-25/h1-3,8-10,23H,4-7,11-13H2. The van der Waals surface area contributed by atoms with Crippen molar-refractivity contribution in [3.05, 3.63) is 57.2 Å². The number of halogens is 2. The molecule has 1 fully saturated rings. The molecule has 2 aromatic rings. The maximum Gasteiger partial charge on any atom is 0.145 e. The van der Waals surface area contributed by atoms with Crippen LogP contribution in [0.2, 0.25) is 10.0 Å². The van der Waals surface area contributed by atoms with Gasteiger partial charge in [0.2, 0.25) is 0 Å². The van der Waals surface area contributed by atoms with Crippen LogP contribution in [-0.2, 0) is 11.3 Å². The molecule has 1 aromatic carbocycles. The Morgan fingerprint density at radius 2 is 2.00 bits per heavy atom. The molecule has 1 saturated heterocycles. The van der Waals surface area contributed by atoms with Gasteiger partial charge in [0.25, 0.3) is 0 Å². The van der Waals surface area contributed by atoms with E-state index < -0.39 is 0 Å². The lowest BCUT2D eigenvalue weighted by atomic mass is 10.1. The van der Waals surface area contributed by atoms with Crippen LogP contribution in [0.3, 0.4) is 0 Å². The summed E-state index contributed by atoms with van der Waals surface area (Å²) in [6.07, 6.45) is 3.94. The van der Waals surface area contributed by atoms with Gasteiger partial charge in [0.1, 0.15) is 18.2 Å². The largest absolute Gasteiger partial charge is 0.487 e. The summed E-state index contributed by atoms with van der Waals surface area (Å²) >= 11 is 12.3. The van der Waals surface area contributed by atoms with Crippen LogP contribution < -0.4 is 15.0 Å². The Kier molecular flexibility index (Phi) is 5.83. The van der Waals surface area contributed by atoms with Gasteiger partial charge >= 0.3 is 0 Å². The van der Waals surface area contributed by atoms with Crippen LogP contribution in [0.1, 0.15) is 11.1 Å². The number of hydrogen-bond acceptors (Lipinski definition) is 5. The van der Waals surface area contributed by atoms with Gasteiger partial charge in [0, 0.05) is 48.5 Å². The molecule has 0 amide bonds. The minimum Gasteiger partial charge on any atom is -0.487 e. The molecule has 27 heavy (non-hydrogen) atoms. The summed E-state index contributed by atoms with van der Waals surface area (Å²) in [5.74, 6) is 1.73. The van der Waals surface area contributed by atoms with E-state index in [1.54, 1.807) is 6.07 Å². The lowest BCUT2D eigenvalue weighted by Gasteiger charge is -2.29. The number of anilines is 1. The van der Waals surface area contributed by atoms with Crippen LogP contribution in [-0.4, -0.2) is 44.4 Å². The first-order chi connectivity index (χ1) is 13.2. The van der Waals surface area contributed by atoms with Gasteiger partial charge in [-0.05, 0) is 29.8 Å². The normalized spacial score (nSPS) is 16.5. The van der Waals surface area contributed by atoms with Crippen molar-refractivity contribution in [2.24, 2.45) is 0 Å². The second-order valence-corrected chi connectivity index (χ2v) is 7.43. The lowest BCUT2D eigenvalue weighted by Crippen LogP contribution is -2.37. The van der Waals surface area contributed by atoms with Gasteiger partial charge in [-0.2, -0.15) is 0 Å². The minimum absolute atomic E-state index is 0.519. The molecule has 3 heterocycles. The molecule has 4 rings (SSSR count). The Hall–Kier alpha value is -1.79. The van der Waals surface area contributed by atoms with Crippen LogP contribution in [0.25, 0.3) is 6.08 Å². The molecule has 0 bridgehead atoms. The zero-order chi connectivity index (χ0) is 18.6. The number of nitrogens with zero attached hydrogens (tertiary/aromatic N) is 2. The number of fused-ring (bicyclic) bond motifs is 1. The quantitative estimate of drug-likeness (QED) is 0.819. The Morgan fingerprint density at radius 3 is 2.85 bits per heavy atom. The molecule has 0 atom stereocenters. The van der Waals surface area contributed by atoms with Crippen molar-refractivity contribution in [1.29, 1.82) is 0 Å². The summed E-state index contributed by atoms with van der Waals surface area (Å²) in [6.45, 7) is 5.23. The fourth-order valence-electron chi connectivity index (χ4n) is 3.35. The number of rotatable bonds is 5. The average molecular weight is 406 g/mol. The third-order valence-electron chi connectivity index (χ3n) is 4.64. The number of benzene rings is 1. The number of pyridine rings is 1. The van der Waals surface area contributed by atoms with Crippen LogP contribution >= 0.6 is 23.2 Å². The van der Waals surface area contributed by atoms with E-state index in [2.05, 4.69) is 27.3 Å². The molecule has 0 saturated carbocycles. The summed E-state index contributed by atoms with van der Waals surface area (Å²) in [6, 6.07) is 7.67. The van der Waals surface area contributed by atoms with Crippen LogP contribution in [0.5, 0.6) is 5.75 Å². The van der Waals surface area contributed by atoms with Crippen molar-refractivity contribution in [2.45, 2.75) is 6.54 Å². The molecule has 7 heteroatoms. The molecule has 0 aliphatic carbocycles. The van der Waals surface area contributed by atoms with Crippen molar-refractivity contribution >= 4 is 35.1 Å². The van der Waals surface area contributed by atoms with Gasteiger partial charge in [-0.1, -0.05) is 29.3 Å². The second kappa shape index (κ2) is 8.48. The number of aromatic nitrogens is 1. The summed E-state index contributed by atoms with van der Waals surface area (Å²) in [4.78, 5) is 6.86. The summed E-state index contributed by atoms with van der Waals surface area (Å²) in [7, 11) is 0. The maximum absolute atomic E-state index is 6.20. The molecule has 0 spiro atoms. The Bertz CT molecular complexity index is 851. The number of hydrogen-bond donors (Lipinski definition) is 1. The monoisotopic (exact) mass is 405 g/mol. The van der Waals surface area contributed by atoms with Crippen molar-refractivity contribution in [3.8, 4) is 5.75 Å². The predicted molar refractivity (Wildman–Crippen MR) is 109 cm³/mol. The first-order valence-electron chi connectivity index (χ1n) is 8.99. The number of morpholine rings is 1. The van der Waals surface area contributed by atoms with Gasteiger partial charge in [0.15, 0.2) is 0 Å². The number of ether oxygens (including phenoxy) is 2. The SMILES string of the molecule is Clc1cc(Cl)c2c(c1)C=C(CNCc1cccnc1N1CCOCC1)CO2. The van der Waals surface area contributed by atoms with Crippen molar-refractivity contribution in [3.63, 3.8) is 0 Å². The highest BCUT2D eigenvalue weighted by Crippen LogP contribution is 2.36.